The molecule has 0 spiro atoms. The summed E-state index contributed by atoms with van der Waals surface area (Å²) in [6.07, 6.45) is 38.7. The Hall–Kier alpha value is -1.18. The van der Waals surface area contributed by atoms with Crippen molar-refractivity contribution in [1.82, 2.24) is 0 Å². The molecule has 1 N–H and O–H groups in total. The Morgan fingerprint density at radius 3 is 1.58 bits per heavy atom. The minimum absolute atomic E-state index is 0.0474. The number of nitrogens with zero attached hydrogens (tertiary/aromatic N) is 1. The molecule has 0 aliphatic heterocycles. The molecule has 8 nitrogen and oxygen atoms in total. The summed E-state index contributed by atoms with van der Waals surface area (Å²) in [5.41, 5.74) is 0. The largest absolute Gasteiger partial charge is 0.498 e. The molecule has 0 radical (unpaired) electrons. The van der Waals surface area contributed by atoms with E-state index in [1.54, 1.807) is 6.26 Å². The van der Waals surface area contributed by atoms with Crippen molar-refractivity contribution in [2.24, 2.45) is 0 Å². The number of carbonyl (C=O) groups excluding carboxylic acids is 1. The van der Waals surface area contributed by atoms with Crippen molar-refractivity contribution in [2.75, 3.05) is 47.5 Å². The van der Waals surface area contributed by atoms with Crippen LogP contribution in [0.1, 0.15) is 181 Å². The Labute approximate surface area is 309 Å². The molecule has 1 unspecified atom stereocenters. The summed E-state index contributed by atoms with van der Waals surface area (Å²) in [4.78, 5) is 22.8. The maximum absolute atomic E-state index is 12.6. The quantitative estimate of drug-likeness (QED) is 0.0169. The maximum atomic E-state index is 12.6. The highest BCUT2D eigenvalue weighted by molar-refractivity contribution is 7.47. The lowest BCUT2D eigenvalue weighted by molar-refractivity contribution is -0.870. The lowest BCUT2D eigenvalue weighted by atomic mass is 10.0. The Morgan fingerprint density at radius 2 is 1.06 bits per heavy atom. The van der Waals surface area contributed by atoms with Gasteiger partial charge in [-0.3, -0.25) is 13.8 Å². The summed E-state index contributed by atoms with van der Waals surface area (Å²) in [6.45, 7) is 4.90. The third-order valence-electron chi connectivity index (χ3n) is 8.83. The van der Waals surface area contributed by atoms with Gasteiger partial charge in [0.15, 0.2) is 6.10 Å². The second kappa shape index (κ2) is 34.9. The molecule has 9 heteroatoms. The molecule has 0 heterocycles. The maximum Gasteiger partial charge on any atom is 0.472 e. The van der Waals surface area contributed by atoms with Crippen molar-refractivity contribution in [2.45, 2.75) is 187 Å². The topological polar surface area (TPSA) is 91.3 Å². The number of rotatable bonds is 38. The van der Waals surface area contributed by atoms with Crippen molar-refractivity contribution >= 4 is 13.8 Å². The van der Waals surface area contributed by atoms with Gasteiger partial charge in [-0.05, 0) is 51.0 Å². The molecule has 0 saturated carbocycles. The van der Waals surface area contributed by atoms with Gasteiger partial charge in [0.05, 0.1) is 34.0 Å². The number of likely N-dealkylation sites (N-methyl/N-ethyl adjacent to an activating group) is 1. The number of unbranched alkanes of at least 4 members (excludes halogenated alkanes) is 22. The summed E-state index contributed by atoms with van der Waals surface area (Å²) < 4.78 is 34.6. The van der Waals surface area contributed by atoms with Gasteiger partial charge < -0.3 is 18.9 Å². The van der Waals surface area contributed by atoms with Crippen LogP contribution in [0, 0.1) is 0 Å². The SMILES string of the molecule is CCCCC/C=C/CCCCCCCC(=O)O[C@H](CO/C=C/CCCCCCCCCCCCCCCC)COP(=O)(O)OCC[N+](C)(C)C. The van der Waals surface area contributed by atoms with Crippen LogP contribution >= 0.6 is 7.82 Å². The van der Waals surface area contributed by atoms with Gasteiger partial charge in [0, 0.05) is 6.42 Å². The summed E-state index contributed by atoms with van der Waals surface area (Å²) in [7, 11) is 1.63. The standard InChI is InChI=1S/C41H80NO7P/c1-6-8-10-12-14-16-18-20-21-22-23-25-27-29-31-33-36-46-38-40(39-48-50(44,45)47-37-35-42(3,4)5)49-41(43)34-32-30-28-26-24-19-17-15-13-11-9-7-2/h15,17,33,36,40H,6-14,16,18-32,34-35,37-39H2,1-5H3/p+1/b17-15+,36-33+/t40-/m1/s1. The van der Waals surface area contributed by atoms with E-state index in [0.717, 1.165) is 44.9 Å². The number of carbonyl (C=O) groups is 1. The lowest BCUT2D eigenvalue weighted by Crippen LogP contribution is -2.37. The number of phosphoric acid groups is 1. The first-order valence-corrected chi connectivity index (χ1v) is 22.1. The van der Waals surface area contributed by atoms with E-state index in [9.17, 15) is 14.3 Å². The fourth-order valence-corrected chi connectivity index (χ4v) is 6.31. The molecule has 296 valence electrons. The van der Waals surface area contributed by atoms with Crippen LogP contribution in [-0.4, -0.2) is 69.0 Å². The first-order valence-electron chi connectivity index (χ1n) is 20.6. The van der Waals surface area contributed by atoms with Gasteiger partial charge in [-0.15, -0.1) is 0 Å². The molecule has 0 rings (SSSR count). The molecule has 0 amide bonds. The molecule has 0 aliphatic rings. The predicted octanol–water partition coefficient (Wildman–Crippen LogP) is 12.0. The zero-order valence-electron chi connectivity index (χ0n) is 33.4. The normalized spacial score (nSPS) is 14.0. The highest BCUT2D eigenvalue weighted by Gasteiger charge is 2.26. The fourth-order valence-electron chi connectivity index (χ4n) is 5.57. The van der Waals surface area contributed by atoms with Crippen molar-refractivity contribution in [3.63, 3.8) is 0 Å². The first kappa shape index (κ1) is 48.8. The average Bonchev–Trinajstić information content (AvgIpc) is 3.06. The summed E-state index contributed by atoms with van der Waals surface area (Å²) in [5, 5.41) is 0. The highest BCUT2D eigenvalue weighted by atomic mass is 31.2. The molecule has 2 atom stereocenters. The molecule has 50 heavy (non-hydrogen) atoms. The summed E-state index contributed by atoms with van der Waals surface area (Å²) in [6, 6.07) is 0. The number of ether oxygens (including phenoxy) is 2. The van der Waals surface area contributed by atoms with Crippen LogP contribution in [0.5, 0.6) is 0 Å². The molecule has 0 aromatic heterocycles. The number of hydrogen-bond donors (Lipinski definition) is 1. The van der Waals surface area contributed by atoms with Crippen LogP contribution < -0.4 is 0 Å². The van der Waals surface area contributed by atoms with E-state index in [4.69, 9.17) is 18.5 Å². The first-order chi connectivity index (χ1) is 24.1. The minimum Gasteiger partial charge on any atom is -0.498 e. The fraction of sp³-hybridized carbons (Fsp3) is 0.878. The van der Waals surface area contributed by atoms with Gasteiger partial charge >= 0.3 is 13.8 Å². The van der Waals surface area contributed by atoms with Crippen molar-refractivity contribution in [3.8, 4) is 0 Å². The van der Waals surface area contributed by atoms with Crippen LogP contribution in [0.2, 0.25) is 0 Å². The number of phosphoric ester groups is 1. The molecular formula is C41H81NO7P+. The highest BCUT2D eigenvalue weighted by Crippen LogP contribution is 2.43. The Kier molecular flexibility index (Phi) is 34.1. The third-order valence-corrected chi connectivity index (χ3v) is 9.81. The Bertz CT molecular complexity index is 858. The van der Waals surface area contributed by atoms with Crippen LogP contribution in [0.25, 0.3) is 0 Å². The third kappa shape index (κ3) is 38.1. The number of quaternary nitrogens is 1. The van der Waals surface area contributed by atoms with Crippen molar-refractivity contribution in [3.05, 3.63) is 24.5 Å². The lowest BCUT2D eigenvalue weighted by Gasteiger charge is -2.24. The zero-order valence-corrected chi connectivity index (χ0v) is 34.3. The molecule has 0 saturated heterocycles. The molecule has 0 aromatic carbocycles. The van der Waals surface area contributed by atoms with Crippen LogP contribution in [0.3, 0.4) is 0 Å². The second-order valence-corrected chi connectivity index (χ2v) is 16.5. The molecule has 0 aromatic rings. The molecule has 0 fully saturated rings. The van der Waals surface area contributed by atoms with E-state index in [1.807, 2.05) is 27.2 Å². The molecule has 0 bridgehead atoms. The van der Waals surface area contributed by atoms with E-state index < -0.39 is 13.9 Å². The van der Waals surface area contributed by atoms with Gasteiger partial charge in [-0.25, -0.2) is 4.57 Å². The summed E-state index contributed by atoms with van der Waals surface area (Å²) >= 11 is 0. The number of allylic oxidation sites excluding steroid dienone is 3. The number of esters is 1. The molecule has 0 aliphatic carbocycles. The van der Waals surface area contributed by atoms with E-state index in [1.165, 1.54) is 116 Å². The van der Waals surface area contributed by atoms with E-state index in [-0.39, 0.29) is 25.8 Å². The van der Waals surface area contributed by atoms with Gasteiger partial charge in [0.1, 0.15) is 19.8 Å². The second-order valence-electron chi connectivity index (χ2n) is 15.1. The zero-order chi connectivity index (χ0) is 37.0. The smallest absolute Gasteiger partial charge is 0.472 e. The van der Waals surface area contributed by atoms with Gasteiger partial charge in [0.25, 0.3) is 0 Å². The predicted molar refractivity (Wildman–Crippen MR) is 210 cm³/mol. The monoisotopic (exact) mass is 731 g/mol. The number of hydrogen-bond acceptors (Lipinski definition) is 6. The van der Waals surface area contributed by atoms with Gasteiger partial charge in [0.2, 0.25) is 0 Å². The van der Waals surface area contributed by atoms with E-state index in [2.05, 4.69) is 26.0 Å². The van der Waals surface area contributed by atoms with Gasteiger partial charge in [-0.2, -0.15) is 0 Å². The summed E-state index contributed by atoms with van der Waals surface area (Å²) in [5.74, 6) is -0.345. The van der Waals surface area contributed by atoms with E-state index >= 15 is 0 Å². The minimum atomic E-state index is -4.28. The van der Waals surface area contributed by atoms with Crippen LogP contribution in [0.4, 0.5) is 0 Å². The van der Waals surface area contributed by atoms with Crippen LogP contribution in [0.15, 0.2) is 24.5 Å². The van der Waals surface area contributed by atoms with E-state index in [0.29, 0.717) is 17.4 Å². The average molecular weight is 731 g/mol. The van der Waals surface area contributed by atoms with Gasteiger partial charge in [-0.1, -0.05) is 142 Å². The Morgan fingerprint density at radius 1 is 0.620 bits per heavy atom. The van der Waals surface area contributed by atoms with Crippen molar-refractivity contribution in [1.29, 1.82) is 0 Å². The van der Waals surface area contributed by atoms with Crippen LogP contribution in [-0.2, 0) is 27.9 Å². The molecular weight excluding hydrogens is 649 g/mol. The Balaban J connectivity index is 4.31. The van der Waals surface area contributed by atoms with Crippen molar-refractivity contribution < 1.29 is 37.3 Å².